The lowest BCUT2D eigenvalue weighted by Crippen LogP contribution is -2.58. The van der Waals surface area contributed by atoms with Gasteiger partial charge in [-0.15, -0.1) is 0 Å². The van der Waals surface area contributed by atoms with Crippen molar-refractivity contribution in [2.75, 3.05) is 22.9 Å². The molecule has 8 heteroatoms. The van der Waals surface area contributed by atoms with Crippen LogP contribution in [0.15, 0.2) is 18.3 Å². The van der Waals surface area contributed by atoms with Gasteiger partial charge in [-0.05, 0) is 39.8 Å². The summed E-state index contributed by atoms with van der Waals surface area (Å²) in [4.78, 5) is 22.1. The summed E-state index contributed by atoms with van der Waals surface area (Å²) in [5, 5.41) is 19.2. The fourth-order valence-corrected chi connectivity index (χ4v) is 3.46. The Morgan fingerprint density at radius 2 is 1.88 bits per heavy atom. The number of aryl methyl sites for hydroxylation is 1. The topological polar surface area (TPSA) is 98.5 Å². The number of rotatable bonds is 4. The zero-order valence-electron chi connectivity index (χ0n) is 15.7. The molecule has 0 amide bonds. The Kier molecular flexibility index (Phi) is 5.33. The maximum Gasteiger partial charge on any atom is 0.226 e. The van der Waals surface area contributed by atoms with E-state index in [0.717, 1.165) is 24.6 Å². The van der Waals surface area contributed by atoms with Crippen LogP contribution in [0.3, 0.4) is 0 Å². The fourth-order valence-electron chi connectivity index (χ4n) is 3.46. The molecule has 140 valence electrons. The highest BCUT2D eigenvalue weighted by Crippen LogP contribution is 2.25. The molecule has 0 saturated carbocycles. The van der Waals surface area contributed by atoms with E-state index in [9.17, 15) is 10.2 Å². The summed E-state index contributed by atoms with van der Waals surface area (Å²) < 4.78 is 0. The number of nitrogens with zero attached hydrogens (tertiary/aromatic N) is 6. The SMILES string of the molecule is Cc1cc(CO)nc(N2C(C)CN(c3ccnc(C(C)O)n3)CC2C)n1. The molecule has 26 heavy (non-hydrogen) atoms. The van der Waals surface area contributed by atoms with Crippen molar-refractivity contribution in [3.63, 3.8) is 0 Å². The van der Waals surface area contributed by atoms with Crippen molar-refractivity contribution in [2.24, 2.45) is 0 Å². The molecule has 0 radical (unpaired) electrons. The monoisotopic (exact) mass is 358 g/mol. The van der Waals surface area contributed by atoms with Crippen LogP contribution >= 0.6 is 0 Å². The molecule has 3 unspecified atom stereocenters. The van der Waals surface area contributed by atoms with Crippen LogP contribution in [0.5, 0.6) is 0 Å². The number of piperazine rings is 1. The number of hydrogen-bond acceptors (Lipinski definition) is 8. The van der Waals surface area contributed by atoms with Crippen molar-refractivity contribution >= 4 is 11.8 Å². The maximum absolute atomic E-state index is 9.73. The average molecular weight is 358 g/mol. The number of anilines is 2. The van der Waals surface area contributed by atoms with E-state index in [1.165, 1.54) is 0 Å². The van der Waals surface area contributed by atoms with Gasteiger partial charge in [-0.3, -0.25) is 0 Å². The van der Waals surface area contributed by atoms with Gasteiger partial charge in [0.25, 0.3) is 0 Å². The number of aliphatic hydroxyl groups excluding tert-OH is 2. The Morgan fingerprint density at radius 1 is 1.19 bits per heavy atom. The standard InChI is InChI=1S/C18H26N6O2/c1-11-7-15(10-25)21-18(20-11)24-12(2)8-23(9-13(24)3)16-5-6-19-17(22-16)14(4)26/h5-7,12-14,25-26H,8-10H2,1-4H3. The Morgan fingerprint density at radius 3 is 2.50 bits per heavy atom. The van der Waals surface area contributed by atoms with Crippen LogP contribution in [-0.2, 0) is 6.61 Å². The molecular formula is C18H26N6O2. The lowest BCUT2D eigenvalue weighted by Gasteiger charge is -2.45. The van der Waals surface area contributed by atoms with E-state index in [1.807, 2.05) is 13.0 Å². The smallest absolute Gasteiger partial charge is 0.226 e. The third-order valence-electron chi connectivity index (χ3n) is 4.56. The average Bonchev–Trinajstić information content (AvgIpc) is 2.60. The molecule has 0 aromatic carbocycles. The molecule has 0 spiro atoms. The predicted molar refractivity (Wildman–Crippen MR) is 99.0 cm³/mol. The van der Waals surface area contributed by atoms with Crippen LogP contribution in [-0.4, -0.2) is 55.3 Å². The fraction of sp³-hybridized carbons (Fsp3) is 0.556. The van der Waals surface area contributed by atoms with Crippen molar-refractivity contribution in [1.29, 1.82) is 0 Å². The normalized spacial score (nSPS) is 21.8. The molecule has 3 atom stereocenters. The molecule has 0 bridgehead atoms. The Labute approximate surface area is 153 Å². The van der Waals surface area contributed by atoms with E-state index in [2.05, 4.69) is 43.6 Å². The molecule has 2 aromatic rings. The molecule has 2 N–H and O–H groups in total. The quantitative estimate of drug-likeness (QED) is 0.842. The van der Waals surface area contributed by atoms with Gasteiger partial charge in [-0.2, -0.15) is 0 Å². The molecule has 1 fully saturated rings. The first-order valence-corrected chi connectivity index (χ1v) is 8.88. The largest absolute Gasteiger partial charge is 0.390 e. The van der Waals surface area contributed by atoms with Crippen LogP contribution < -0.4 is 9.80 Å². The highest BCUT2D eigenvalue weighted by atomic mass is 16.3. The summed E-state index contributed by atoms with van der Waals surface area (Å²) in [5.74, 6) is 1.90. The molecule has 1 saturated heterocycles. The van der Waals surface area contributed by atoms with Gasteiger partial charge in [0.05, 0.1) is 12.3 Å². The summed E-state index contributed by atoms with van der Waals surface area (Å²) in [7, 11) is 0. The minimum absolute atomic E-state index is 0.0951. The number of aliphatic hydroxyl groups is 2. The van der Waals surface area contributed by atoms with Gasteiger partial charge in [0.1, 0.15) is 11.9 Å². The number of aromatic nitrogens is 4. The Balaban J connectivity index is 1.84. The van der Waals surface area contributed by atoms with E-state index < -0.39 is 6.10 Å². The summed E-state index contributed by atoms with van der Waals surface area (Å²) in [5.41, 5.74) is 1.48. The Hall–Kier alpha value is -2.32. The molecule has 3 heterocycles. The van der Waals surface area contributed by atoms with Gasteiger partial charge in [0.15, 0.2) is 5.82 Å². The minimum atomic E-state index is -0.691. The third kappa shape index (κ3) is 3.76. The first-order chi connectivity index (χ1) is 12.4. The first kappa shape index (κ1) is 18.5. The van der Waals surface area contributed by atoms with Crippen molar-refractivity contribution < 1.29 is 10.2 Å². The van der Waals surface area contributed by atoms with E-state index in [0.29, 0.717) is 17.5 Å². The molecule has 0 aliphatic carbocycles. The molecule has 2 aromatic heterocycles. The second-order valence-corrected chi connectivity index (χ2v) is 6.92. The zero-order valence-corrected chi connectivity index (χ0v) is 15.7. The predicted octanol–water partition coefficient (Wildman–Crippen LogP) is 1.22. The van der Waals surface area contributed by atoms with Crippen LogP contribution in [0.25, 0.3) is 0 Å². The molecule has 8 nitrogen and oxygen atoms in total. The highest BCUT2D eigenvalue weighted by Gasteiger charge is 2.32. The van der Waals surface area contributed by atoms with Crippen molar-refractivity contribution in [2.45, 2.75) is 52.5 Å². The lowest BCUT2D eigenvalue weighted by atomic mass is 10.1. The van der Waals surface area contributed by atoms with Gasteiger partial charge in [-0.1, -0.05) is 0 Å². The molecule has 1 aliphatic heterocycles. The molecule has 1 aliphatic rings. The van der Waals surface area contributed by atoms with Crippen LogP contribution in [0.2, 0.25) is 0 Å². The second-order valence-electron chi connectivity index (χ2n) is 6.92. The summed E-state index contributed by atoms with van der Waals surface area (Å²) in [6.45, 7) is 9.25. The van der Waals surface area contributed by atoms with Gasteiger partial charge < -0.3 is 20.0 Å². The third-order valence-corrected chi connectivity index (χ3v) is 4.56. The molecular weight excluding hydrogens is 332 g/mol. The summed E-state index contributed by atoms with van der Waals surface area (Å²) >= 11 is 0. The van der Waals surface area contributed by atoms with Gasteiger partial charge in [-0.25, -0.2) is 19.9 Å². The second kappa shape index (κ2) is 7.51. The van der Waals surface area contributed by atoms with Crippen molar-refractivity contribution in [3.05, 3.63) is 35.5 Å². The van der Waals surface area contributed by atoms with E-state index in [4.69, 9.17) is 0 Å². The van der Waals surface area contributed by atoms with Crippen LogP contribution in [0.4, 0.5) is 11.8 Å². The van der Waals surface area contributed by atoms with E-state index in [-0.39, 0.29) is 18.7 Å². The minimum Gasteiger partial charge on any atom is -0.390 e. The summed E-state index contributed by atoms with van der Waals surface area (Å²) in [6.07, 6.45) is 0.993. The van der Waals surface area contributed by atoms with Gasteiger partial charge in [0, 0.05) is 37.1 Å². The van der Waals surface area contributed by atoms with Crippen molar-refractivity contribution in [3.8, 4) is 0 Å². The first-order valence-electron chi connectivity index (χ1n) is 8.88. The number of hydrogen-bond donors (Lipinski definition) is 2. The summed E-state index contributed by atoms with van der Waals surface area (Å²) in [6, 6.07) is 4.00. The van der Waals surface area contributed by atoms with E-state index in [1.54, 1.807) is 19.2 Å². The molecule has 3 rings (SSSR count). The zero-order chi connectivity index (χ0) is 18.8. The van der Waals surface area contributed by atoms with Gasteiger partial charge >= 0.3 is 0 Å². The lowest BCUT2D eigenvalue weighted by molar-refractivity contribution is 0.189. The maximum atomic E-state index is 9.73. The van der Waals surface area contributed by atoms with Crippen LogP contribution in [0.1, 0.15) is 44.1 Å². The van der Waals surface area contributed by atoms with E-state index >= 15 is 0 Å². The highest BCUT2D eigenvalue weighted by molar-refractivity contribution is 5.45. The Bertz CT molecular complexity index is 757. The van der Waals surface area contributed by atoms with Crippen molar-refractivity contribution in [1.82, 2.24) is 19.9 Å². The van der Waals surface area contributed by atoms with Gasteiger partial charge in [0.2, 0.25) is 5.95 Å². The van der Waals surface area contributed by atoms with Crippen LogP contribution in [0, 0.1) is 6.92 Å².